The summed E-state index contributed by atoms with van der Waals surface area (Å²) < 4.78 is 32.3. The Hall–Kier alpha value is -1.29. The smallest absolute Gasteiger partial charge is 0.175 e. The van der Waals surface area contributed by atoms with Gasteiger partial charge in [0.25, 0.3) is 0 Å². The lowest BCUT2D eigenvalue weighted by Gasteiger charge is -2.63. The maximum Gasteiger partial charge on any atom is 0.175 e. The number of sulfone groups is 1. The van der Waals surface area contributed by atoms with Gasteiger partial charge in [-0.25, -0.2) is 8.42 Å². The molecule has 0 aromatic heterocycles. The molecule has 3 nitrogen and oxygen atoms in total. The van der Waals surface area contributed by atoms with Crippen LogP contribution in [0.5, 0.6) is 0 Å². The highest BCUT2D eigenvalue weighted by Gasteiger charge is 2.61. The molecule has 0 radical (unpaired) electrons. The lowest BCUT2D eigenvalue weighted by atomic mass is 9.45. The van der Waals surface area contributed by atoms with Crippen LogP contribution in [0.4, 0.5) is 0 Å². The Morgan fingerprint density at radius 1 is 0.964 bits per heavy atom. The van der Waals surface area contributed by atoms with Crippen molar-refractivity contribution in [2.45, 2.75) is 71.8 Å². The van der Waals surface area contributed by atoms with E-state index in [9.17, 15) is 8.42 Å². The van der Waals surface area contributed by atoms with Gasteiger partial charge in [-0.3, -0.25) is 0 Å². The largest absolute Gasteiger partial charge is 0.486 e. The Morgan fingerprint density at radius 3 is 2.29 bits per heavy atom. The second-order valence-corrected chi connectivity index (χ2v) is 12.5. The first-order valence-electron chi connectivity index (χ1n) is 10.7. The van der Waals surface area contributed by atoms with E-state index in [0.717, 1.165) is 18.4 Å². The van der Waals surface area contributed by atoms with Crippen LogP contribution < -0.4 is 0 Å². The van der Waals surface area contributed by atoms with Gasteiger partial charge in [0.2, 0.25) is 0 Å². The van der Waals surface area contributed by atoms with Crippen LogP contribution in [0.3, 0.4) is 0 Å². The van der Waals surface area contributed by atoms with Crippen molar-refractivity contribution >= 4 is 15.6 Å². The number of hydrogen-bond donors (Lipinski definition) is 0. The van der Waals surface area contributed by atoms with Crippen LogP contribution >= 0.6 is 0 Å². The van der Waals surface area contributed by atoms with E-state index in [2.05, 4.69) is 27.7 Å². The van der Waals surface area contributed by atoms with Crippen LogP contribution in [0, 0.1) is 22.7 Å². The van der Waals surface area contributed by atoms with E-state index in [1.54, 1.807) is 0 Å². The second-order valence-electron chi connectivity index (χ2n) is 10.5. The molecule has 4 rings (SSSR count). The van der Waals surface area contributed by atoms with Gasteiger partial charge in [-0.1, -0.05) is 57.5 Å². The molecule has 1 aliphatic heterocycles. The average molecular weight is 403 g/mol. The minimum absolute atomic E-state index is 0.118. The predicted molar refractivity (Wildman–Crippen MR) is 114 cm³/mol. The summed E-state index contributed by atoms with van der Waals surface area (Å²) in [4.78, 5) is 0.492. The van der Waals surface area contributed by atoms with Crippen LogP contribution in [0.1, 0.15) is 71.8 Å². The van der Waals surface area contributed by atoms with E-state index in [4.69, 9.17) is 4.74 Å². The average Bonchev–Trinajstić information content (AvgIpc) is 2.59. The number of ether oxygens (including phenoxy) is 1. The molecule has 2 fully saturated rings. The van der Waals surface area contributed by atoms with Gasteiger partial charge in [0.15, 0.2) is 9.84 Å². The van der Waals surface area contributed by atoms with Crippen LogP contribution in [-0.4, -0.2) is 20.3 Å². The van der Waals surface area contributed by atoms with Crippen molar-refractivity contribution in [2.75, 3.05) is 6.26 Å². The Labute approximate surface area is 170 Å². The van der Waals surface area contributed by atoms with Gasteiger partial charge in [-0.05, 0) is 55.8 Å². The summed E-state index contributed by atoms with van der Waals surface area (Å²) in [7, 11) is -3.34. The summed E-state index contributed by atoms with van der Waals surface area (Å²) in [6.07, 6.45) is 7.74. The van der Waals surface area contributed by atoms with Crippen molar-refractivity contribution in [2.24, 2.45) is 22.7 Å². The number of benzene rings is 1. The van der Waals surface area contributed by atoms with Gasteiger partial charge in [0, 0.05) is 17.7 Å². The number of rotatable bonds is 2. The third kappa shape index (κ3) is 3.03. The summed E-state index contributed by atoms with van der Waals surface area (Å²) in [5, 5.41) is 0. The Kier molecular flexibility index (Phi) is 4.54. The summed E-state index contributed by atoms with van der Waals surface area (Å²) in [6.45, 7) is 9.45. The number of allylic oxidation sites excluding steroid dienone is 1. The molecule has 3 aliphatic rings. The van der Waals surface area contributed by atoms with Crippen molar-refractivity contribution in [1.29, 1.82) is 0 Å². The summed E-state index contributed by atoms with van der Waals surface area (Å²) in [5.74, 6) is 1.43. The third-order valence-electron chi connectivity index (χ3n) is 8.20. The SMILES string of the molecule is CC1(C)CCC[C@]2(C)[C@@H]1CC[C@]1(C)OC(c3ccccc3)=C(S(C)(=O)=O)C[C@@H]21. The molecule has 0 N–H and O–H groups in total. The van der Waals surface area contributed by atoms with Crippen LogP contribution in [0.25, 0.3) is 5.76 Å². The van der Waals surface area contributed by atoms with Crippen molar-refractivity contribution in [1.82, 2.24) is 0 Å². The standard InChI is InChI=1S/C24H34O3S/c1-22(2)13-9-14-23(3)19(22)12-15-24(4)20(23)16-18(28(5,25)26)21(27-24)17-10-7-6-8-11-17/h6-8,10-11,19-20H,9,12-16H2,1-5H3/t19-,20+,23-,24+/m1/s1. The fourth-order valence-corrected chi connectivity index (χ4v) is 7.84. The number of hydrogen-bond acceptors (Lipinski definition) is 3. The van der Waals surface area contributed by atoms with Gasteiger partial charge in [-0.2, -0.15) is 0 Å². The van der Waals surface area contributed by atoms with Crippen LogP contribution in [0.15, 0.2) is 35.2 Å². The summed E-state index contributed by atoms with van der Waals surface area (Å²) in [5.41, 5.74) is 0.993. The second kappa shape index (κ2) is 6.35. The lowest BCUT2D eigenvalue weighted by Crippen LogP contribution is -2.59. The monoisotopic (exact) mass is 402 g/mol. The highest BCUT2D eigenvalue weighted by Crippen LogP contribution is 2.65. The predicted octanol–water partition coefficient (Wildman–Crippen LogP) is 5.82. The van der Waals surface area contributed by atoms with Gasteiger partial charge in [-0.15, -0.1) is 0 Å². The molecule has 0 unspecified atom stereocenters. The molecule has 0 bridgehead atoms. The molecule has 1 aromatic rings. The third-order valence-corrected chi connectivity index (χ3v) is 9.45. The molecule has 28 heavy (non-hydrogen) atoms. The fraction of sp³-hybridized carbons (Fsp3) is 0.667. The van der Waals surface area contributed by atoms with E-state index < -0.39 is 9.84 Å². The van der Waals surface area contributed by atoms with Gasteiger partial charge in [0.05, 0.1) is 4.91 Å². The number of fused-ring (bicyclic) bond motifs is 3. The molecule has 4 heteroatoms. The molecule has 0 amide bonds. The molecule has 1 heterocycles. The lowest BCUT2D eigenvalue weighted by molar-refractivity contribution is -0.169. The molecule has 1 aromatic carbocycles. The van der Waals surface area contributed by atoms with Gasteiger partial charge in [0.1, 0.15) is 11.4 Å². The van der Waals surface area contributed by atoms with Crippen LogP contribution in [0.2, 0.25) is 0 Å². The Balaban J connectivity index is 1.85. The van der Waals surface area contributed by atoms with Crippen molar-refractivity contribution in [3.05, 3.63) is 40.8 Å². The quantitative estimate of drug-likeness (QED) is 0.626. The highest BCUT2D eigenvalue weighted by molar-refractivity contribution is 7.94. The Bertz CT molecular complexity index is 899. The minimum Gasteiger partial charge on any atom is -0.486 e. The van der Waals surface area contributed by atoms with Crippen LogP contribution in [-0.2, 0) is 14.6 Å². The minimum atomic E-state index is -3.34. The van der Waals surface area contributed by atoms with Gasteiger partial charge < -0.3 is 4.74 Å². The van der Waals surface area contributed by atoms with Crippen molar-refractivity contribution < 1.29 is 13.2 Å². The highest BCUT2D eigenvalue weighted by atomic mass is 32.2. The first kappa shape index (κ1) is 20.0. The topological polar surface area (TPSA) is 43.4 Å². The van der Waals surface area contributed by atoms with Crippen molar-refractivity contribution in [3.8, 4) is 0 Å². The molecule has 0 spiro atoms. The van der Waals surface area contributed by atoms with E-state index in [-0.39, 0.29) is 16.9 Å². The zero-order chi connectivity index (χ0) is 20.4. The molecular formula is C24H34O3S. The van der Waals surface area contributed by atoms with E-state index in [0.29, 0.717) is 28.4 Å². The van der Waals surface area contributed by atoms with Crippen molar-refractivity contribution in [3.63, 3.8) is 0 Å². The van der Waals surface area contributed by atoms with E-state index >= 15 is 0 Å². The maximum atomic E-state index is 12.8. The first-order chi connectivity index (χ1) is 13.0. The summed E-state index contributed by atoms with van der Waals surface area (Å²) in [6, 6.07) is 9.76. The summed E-state index contributed by atoms with van der Waals surface area (Å²) >= 11 is 0. The Morgan fingerprint density at radius 2 is 1.64 bits per heavy atom. The normalized spacial score (nSPS) is 37.6. The molecule has 2 aliphatic carbocycles. The zero-order valence-corrected chi connectivity index (χ0v) is 18.7. The maximum absolute atomic E-state index is 12.8. The van der Waals surface area contributed by atoms with Gasteiger partial charge >= 0.3 is 0 Å². The molecule has 2 saturated carbocycles. The molecule has 154 valence electrons. The fourth-order valence-electron chi connectivity index (χ4n) is 6.87. The van der Waals surface area contributed by atoms with E-state index in [1.165, 1.54) is 25.5 Å². The first-order valence-corrected chi connectivity index (χ1v) is 12.5. The zero-order valence-electron chi connectivity index (χ0n) is 17.9. The molecule has 0 saturated heterocycles. The molecule has 4 atom stereocenters. The van der Waals surface area contributed by atoms with E-state index in [1.807, 2.05) is 30.3 Å². The molecular weight excluding hydrogens is 368 g/mol.